The predicted octanol–water partition coefficient (Wildman–Crippen LogP) is 1.42. The Kier molecular flexibility index (Phi) is 5.41. The minimum absolute atomic E-state index is 0.0609. The van der Waals surface area contributed by atoms with Gasteiger partial charge >= 0.3 is 0 Å². The Morgan fingerprint density at radius 3 is 2.38 bits per heavy atom. The summed E-state index contributed by atoms with van der Waals surface area (Å²) >= 11 is 0. The van der Waals surface area contributed by atoms with Crippen molar-refractivity contribution >= 4 is 17.5 Å². The second kappa shape index (κ2) is 8.69. The maximum atomic E-state index is 13.2. The number of hydrogen-bond donors (Lipinski definition) is 0. The fourth-order valence-electron chi connectivity index (χ4n) is 3.89. The normalized spacial score (nSPS) is 13.8. The molecular weight excluding hydrogens is 440 g/mol. The van der Waals surface area contributed by atoms with Gasteiger partial charge in [0.05, 0.1) is 22.0 Å². The van der Waals surface area contributed by atoms with Crippen LogP contribution < -0.4 is 4.90 Å². The molecule has 0 spiro atoms. The molecule has 3 heterocycles. The minimum Gasteiger partial charge on any atom is -0.336 e. The van der Waals surface area contributed by atoms with Crippen LogP contribution >= 0.6 is 0 Å². The van der Waals surface area contributed by atoms with E-state index in [2.05, 4.69) is 25.8 Å². The molecule has 0 radical (unpaired) electrons. The molecule has 2 aromatic carbocycles. The van der Waals surface area contributed by atoms with Crippen molar-refractivity contribution in [2.24, 2.45) is 0 Å². The van der Waals surface area contributed by atoms with Crippen molar-refractivity contribution in [1.29, 1.82) is 0 Å². The SMILES string of the molecule is Cc1c(C(=O)N2CCN(c3nnnn3-c3ccccc3)CC2)nnn1-c1cccc([N+](=O)[O-])c1. The molecular formula is C21H20N10O3. The number of non-ortho nitro benzene ring substituents is 1. The minimum atomic E-state index is -0.477. The van der Waals surface area contributed by atoms with Crippen molar-refractivity contribution in [2.45, 2.75) is 6.92 Å². The largest absolute Gasteiger partial charge is 0.336 e. The summed E-state index contributed by atoms with van der Waals surface area (Å²) in [4.78, 5) is 27.5. The third-order valence-electron chi connectivity index (χ3n) is 5.69. The molecule has 4 aromatic rings. The predicted molar refractivity (Wildman–Crippen MR) is 120 cm³/mol. The maximum Gasteiger partial charge on any atom is 0.276 e. The van der Waals surface area contributed by atoms with E-state index in [0.29, 0.717) is 43.5 Å². The molecule has 34 heavy (non-hydrogen) atoms. The molecule has 0 bridgehead atoms. The van der Waals surface area contributed by atoms with Crippen LogP contribution in [0.5, 0.6) is 0 Å². The van der Waals surface area contributed by atoms with E-state index in [4.69, 9.17) is 0 Å². The zero-order valence-corrected chi connectivity index (χ0v) is 18.2. The lowest BCUT2D eigenvalue weighted by molar-refractivity contribution is -0.384. The van der Waals surface area contributed by atoms with Gasteiger partial charge in [0.25, 0.3) is 11.6 Å². The molecule has 2 aromatic heterocycles. The van der Waals surface area contributed by atoms with Gasteiger partial charge in [-0.05, 0) is 35.5 Å². The van der Waals surface area contributed by atoms with E-state index in [0.717, 1.165) is 5.69 Å². The molecule has 0 aliphatic carbocycles. The van der Waals surface area contributed by atoms with Crippen molar-refractivity contribution in [3.8, 4) is 11.4 Å². The first-order valence-corrected chi connectivity index (χ1v) is 10.6. The van der Waals surface area contributed by atoms with Gasteiger partial charge in [-0.3, -0.25) is 14.9 Å². The van der Waals surface area contributed by atoms with Crippen LogP contribution in [-0.2, 0) is 0 Å². The highest BCUT2D eigenvalue weighted by molar-refractivity contribution is 5.93. The highest BCUT2D eigenvalue weighted by Crippen LogP contribution is 2.21. The third kappa shape index (κ3) is 3.83. The number of tetrazole rings is 1. The molecule has 172 valence electrons. The summed E-state index contributed by atoms with van der Waals surface area (Å²) in [5.41, 5.74) is 1.99. The Labute approximate surface area is 193 Å². The summed E-state index contributed by atoms with van der Waals surface area (Å²) in [5.74, 6) is 0.377. The Balaban J connectivity index is 1.30. The van der Waals surface area contributed by atoms with Gasteiger partial charge in [-0.15, -0.1) is 5.10 Å². The number of para-hydroxylation sites is 1. The average molecular weight is 460 g/mol. The van der Waals surface area contributed by atoms with Crippen LogP contribution in [0.2, 0.25) is 0 Å². The number of nitrogens with zero attached hydrogens (tertiary/aromatic N) is 10. The summed E-state index contributed by atoms with van der Waals surface area (Å²) in [6, 6.07) is 15.6. The maximum absolute atomic E-state index is 13.2. The number of benzene rings is 2. The van der Waals surface area contributed by atoms with Crippen LogP contribution in [0.4, 0.5) is 11.6 Å². The number of amides is 1. The number of anilines is 1. The van der Waals surface area contributed by atoms with Gasteiger partial charge < -0.3 is 9.80 Å². The molecule has 13 nitrogen and oxygen atoms in total. The first-order chi connectivity index (χ1) is 16.5. The standard InChI is InChI=1S/C21H20N10O3/c1-15-19(22-25-29(15)17-8-5-9-18(14-17)31(33)34)20(32)27-10-12-28(13-11-27)21-23-24-26-30(21)16-6-3-2-4-7-16/h2-9,14H,10-13H2,1H3. The van der Waals surface area contributed by atoms with Crippen molar-refractivity contribution in [3.63, 3.8) is 0 Å². The number of aromatic nitrogens is 7. The second-order valence-electron chi connectivity index (χ2n) is 7.72. The van der Waals surface area contributed by atoms with Crippen molar-refractivity contribution in [3.05, 3.63) is 76.1 Å². The number of carbonyl (C=O) groups is 1. The van der Waals surface area contributed by atoms with E-state index in [1.165, 1.54) is 16.8 Å². The number of rotatable bonds is 5. The van der Waals surface area contributed by atoms with Crippen LogP contribution in [0.15, 0.2) is 54.6 Å². The molecule has 0 N–H and O–H groups in total. The van der Waals surface area contributed by atoms with Gasteiger partial charge in [-0.2, -0.15) is 4.68 Å². The smallest absolute Gasteiger partial charge is 0.276 e. The zero-order chi connectivity index (χ0) is 23.7. The summed E-state index contributed by atoms with van der Waals surface area (Å²) in [7, 11) is 0. The number of nitro benzene ring substituents is 1. The Morgan fingerprint density at radius 1 is 0.912 bits per heavy atom. The van der Waals surface area contributed by atoms with E-state index >= 15 is 0 Å². The van der Waals surface area contributed by atoms with Crippen molar-refractivity contribution < 1.29 is 9.72 Å². The van der Waals surface area contributed by atoms with E-state index in [1.807, 2.05) is 35.2 Å². The first kappa shape index (κ1) is 21.2. The number of piperazine rings is 1. The number of nitro groups is 1. The van der Waals surface area contributed by atoms with Gasteiger partial charge in [0, 0.05) is 38.3 Å². The quantitative estimate of drug-likeness (QED) is 0.319. The highest BCUT2D eigenvalue weighted by Gasteiger charge is 2.28. The molecule has 5 rings (SSSR count). The van der Waals surface area contributed by atoms with Gasteiger partial charge in [0.1, 0.15) is 0 Å². The summed E-state index contributed by atoms with van der Waals surface area (Å²) in [6.45, 7) is 3.75. The molecule has 0 unspecified atom stereocenters. The van der Waals surface area contributed by atoms with Crippen LogP contribution in [0, 0.1) is 17.0 Å². The zero-order valence-electron chi connectivity index (χ0n) is 18.2. The number of carbonyl (C=O) groups excluding carboxylic acids is 1. The van der Waals surface area contributed by atoms with Crippen LogP contribution in [0.1, 0.15) is 16.2 Å². The molecule has 1 fully saturated rings. The summed E-state index contributed by atoms with van der Waals surface area (Å²) in [5, 5.41) is 31.3. The lowest BCUT2D eigenvalue weighted by Crippen LogP contribution is -2.49. The van der Waals surface area contributed by atoms with E-state index in [-0.39, 0.29) is 17.3 Å². The highest BCUT2D eigenvalue weighted by atomic mass is 16.6. The topological polar surface area (TPSA) is 141 Å². The van der Waals surface area contributed by atoms with Crippen LogP contribution in [-0.4, -0.2) is 77.1 Å². The molecule has 0 saturated carbocycles. The fraction of sp³-hybridized carbons (Fsp3) is 0.238. The van der Waals surface area contributed by atoms with E-state index in [9.17, 15) is 14.9 Å². The first-order valence-electron chi connectivity index (χ1n) is 10.6. The molecule has 1 saturated heterocycles. The van der Waals surface area contributed by atoms with Crippen molar-refractivity contribution in [2.75, 3.05) is 31.1 Å². The Bertz CT molecular complexity index is 1340. The van der Waals surface area contributed by atoms with Gasteiger partial charge in [0.2, 0.25) is 5.95 Å². The van der Waals surface area contributed by atoms with Gasteiger partial charge in [-0.25, -0.2) is 4.68 Å². The third-order valence-corrected chi connectivity index (χ3v) is 5.69. The molecule has 1 amide bonds. The van der Waals surface area contributed by atoms with Gasteiger partial charge in [0.15, 0.2) is 5.69 Å². The van der Waals surface area contributed by atoms with Crippen LogP contribution in [0.3, 0.4) is 0 Å². The monoisotopic (exact) mass is 460 g/mol. The summed E-state index contributed by atoms with van der Waals surface area (Å²) in [6.07, 6.45) is 0. The fourth-order valence-corrected chi connectivity index (χ4v) is 3.89. The second-order valence-corrected chi connectivity index (χ2v) is 7.72. The Hall–Kier alpha value is -4.68. The van der Waals surface area contributed by atoms with Gasteiger partial charge in [-0.1, -0.05) is 34.6 Å². The lowest BCUT2D eigenvalue weighted by atomic mass is 10.2. The average Bonchev–Trinajstić information content (AvgIpc) is 3.51. The number of hydrogen-bond acceptors (Lipinski definition) is 9. The molecule has 0 atom stereocenters. The van der Waals surface area contributed by atoms with Crippen molar-refractivity contribution in [1.82, 2.24) is 40.1 Å². The lowest BCUT2D eigenvalue weighted by Gasteiger charge is -2.34. The summed E-state index contributed by atoms with van der Waals surface area (Å²) < 4.78 is 3.11. The van der Waals surface area contributed by atoms with Crippen LogP contribution in [0.25, 0.3) is 11.4 Å². The van der Waals surface area contributed by atoms with E-state index in [1.54, 1.807) is 28.6 Å². The van der Waals surface area contributed by atoms with E-state index < -0.39 is 4.92 Å². The Morgan fingerprint density at radius 2 is 1.65 bits per heavy atom. The molecule has 13 heteroatoms. The molecule has 1 aliphatic heterocycles. The molecule has 1 aliphatic rings.